The molecule has 2 aliphatic rings. The highest BCUT2D eigenvalue weighted by Crippen LogP contribution is 2.54. The molecule has 40 heavy (non-hydrogen) atoms. The topological polar surface area (TPSA) is 93.0 Å². The van der Waals surface area contributed by atoms with Gasteiger partial charge in [-0.15, -0.1) is 6.58 Å². The Kier molecular flexibility index (Phi) is 5.08. The molecule has 0 radical (unpaired) electrons. The van der Waals surface area contributed by atoms with Gasteiger partial charge in [0, 0.05) is 12.1 Å². The number of anilines is 2. The lowest BCUT2D eigenvalue weighted by Crippen LogP contribution is -2.53. The van der Waals surface area contributed by atoms with E-state index >= 15 is 0 Å². The summed E-state index contributed by atoms with van der Waals surface area (Å²) in [6.45, 7) is 7.85. The molecule has 0 aliphatic carbocycles. The zero-order valence-corrected chi connectivity index (χ0v) is 22.8. The van der Waals surface area contributed by atoms with E-state index in [9.17, 15) is 14.4 Å². The number of hydrogen-bond donors (Lipinski definition) is 0. The van der Waals surface area contributed by atoms with Gasteiger partial charge in [0.25, 0.3) is 11.8 Å². The molecule has 0 saturated carbocycles. The van der Waals surface area contributed by atoms with E-state index in [0.717, 1.165) is 15.8 Å². The van der Waals surface area contributed by atoms with Crippen LogP contribution in [0, 0.1) is 13.8 Å². The molecule has 2 aromatic heterocycles. The highest BCUT2D eigenvalue weighted by molar-refractivity contribution is 7.22. The lowest BCUT2D eigenvalue weighted by molar-refractivity contribution is -0.121. The molecule has 2 amide bonds. The highest BCUT2D eigenvalue weighted by atomic mass is 32.1. The monoisotopic (exact) mass is 549 g/mol. The van der Waals surface area contributed by atoms with Crippen LogP contribution in [0.2, 0.25) is 0 Å². The minimum absolute atomic E-state index is 0.00843. The Bertz CT molecular complexity index is 2010. The number of nitrogens with zero attached hydrogens (tertiary/aromatic N) is 3. The minimum Gasteiger partial charge on any atom is -0.497 e. The molecule has 0 fully saturated rings. The number of rotatable bonds is 4. The van der Waals surface area contributed by atoms with Crippen molar-refractivity contribution in [3.05, 3.63) is 105 Å². The van der Waals surface area contributed by atoms with Crippen molar-refractivity contribution in [3.63, 3.8) is 0 Å². The molecule has 198 valence electrons. The Hall–Kier alpha value is -4.76. The van der Waals surface area contributed by atoms with Gasteiger partial charge >= 0.3 is 0 Å². The summed E-state index contributed by atoms with van der Waals surface area (Å²) in [5.74, 6) is -0.544. The Morgan fingerprint density at radius 2 is 1.85 bits per heavy atom. The molecule has 8 nitrogen and oxygen atoms in total. The Labute approximate surface area is 232 Å². The second-order valence-electron chi connectivity index (χ2n) is 9.97. The molecule has 7 rings (SSSR count). The number of methoxy groups -OCH3 is 1. The van der Waals surface area contributed by atoms with E-state index in [-0.39, 0.29) is 23.0 Å². The van der Waals surface area contributed by atoms with Crippen molar-refractivity contribution in [2.24, 2.45) is 0 Å². The SMILES string of the molecule is C=CCN1C(=O)C2(c3ccccc31)c1c(oc3cc(C)c(C)cc3c1=O)C(=O)N2c1nc2ccc(OC)cc2s1. The fourth-order valence-corrected chi connectivity index (χ4v) is 6.89. The van der Waals surface area contributed by atoms with Crippen LogP contribution in [0.1, 0.15) is 32.8 Å². The third-order valence-corrected chi connectivity index (χ3v) is 8.83. The van der Waals surface area contributed by atoms with Crippen LogP contribution < -0.4 is 20.0 Å². The molecule has 9 heteroatoms. The average molecular weight is 550 g/mol. The normalized spacial score (nSPS) is 17.8. The van der Waals surface area contributed by atoms with Crippen LogP contribution >= 0.6 is 11.3 Å². The Morgan fingerprint density at radius 3 is 2.62 bits per heavy atom. The summed E-state index contributed by atoms with van der Waals surface area (Å²) in [7, 11) is 1.58. The molecule has 1 spiro atoms. The second-order valence-corrected chi connectivity index (χ2v) is 11.0. The van der Waals surface area contributed by atoms with E-state index in [1.807, 2.05) is 32.0 Å². The summed E-state index contributed by atoms with van der Waals surface area (Å²) < 4.78 is 12.4. The predicted molar refractivity (Wildman–Crippen MR) is 155 cm³/mol. The van der Waals surface area contributed by atoms with Crippen LogP contribution in [0.4, 0.5) is 10.8 Å². The van der Waals surface area contributed by atoms with E-state index in [2.05, 4.69) is 6.58 Å². The Morgan fingerprint density at radius 1 is 1.07 bits per heavy atom. The van der Waals surface area contributed by atoms with Crippen molar-refractivity contribution >= 4 is 55.2 Å². The number of para-hydroxylation sites is 1. The maximum absolute atomic E-state index is 14.7. The van der Waals surface area contributed by atoms with Gasteiger partial charge in [0.2, 0.25) is 5.76 Å². The number of carbonyl (C=O) groups excluding carboxylic acids is 2. The molecule has 0 bridgehead atoms. The predicted octanol–water partition coefficient (Wildman–Crippen LogP) is 5.46. The molecular formula is C31H23N3O5S. The summed E-state index contributed by atoms with van der Waals surface area (Å²) >= 11 is 1.24. The molecule has 0 saturated heterocycles. The van der Waals surface area contributed by atoms with E-state index in [1.165, 1.54) is 16.2 Å². The standard InChI is InChI=1S/C31H23N3O5S/c1-5-12-33-22-9-7-6-8-20(22)31(29(33)37)25-26(35)19-13-16(2)17(3)14-23(19)39-27(25)28(36)34(31)30-32-21-11-10-18(38-4)15-24(21)40-30/h5-11,13-15H,1,12H2,2-4H3. The smallest absolute Gasteiger partial charge is 0.297 e. The van der Waals surface area contributed by atoms with Gasteiger partial charge in [-0.1, -0.05) is 35.6 Å². The third kappa shape index (κ3) is 2.95. The largest absolute Gasteiger partial charge is 0.497 e. The first-order chi connectivity index (χ1) is 19.3. The van der Waals surface area contributed by atoms with Crippen molar-refractivity contribution in [1.29, 1.82) is 0 Å². The summed E-state index contributed by atoms with van der Waals surface area (Å²) in [5, 5.41) is 0.594. The number of hydrogen-bond acceptors (Lipinski definition) is 7. The fraction of sp³-hybridized carbons (Fsp3) is 0.161. The van der Waals surface area contributed by atoms with E-state index in [1.54, 1.807) is 54.5 Å². The number of fused-ring (bicyclic) bond motifs is 6. The van der Waals surface area contributed by atoms with Gasteiger partial charge in [0.05, 0.1) is 34.0 Å². The highest BCUT2D eigenvalue weighted by Gasteiger charge is 2.66. The lowest BCUT2D eigenvalue weighted by Gasteiger charge is -2.32. The van der Waals surface area contributed by atoms with Crippen LogP contribution in [-0.4, -0.2) is 30.5 Å². The zero-order chi connectivity index (χ0) is 27.9. The quantitative estimate of drug-likeness (QED) is 0.276. The Balaban J connectivity index is 1.61. The minimum atomic E-state index is -1.79. The van der Waals surface area contributed by atoms with Crippen molar-refractivity contribution in [3.8, 4) is 5.75 Å². The molecular weight excluding hydrogens is 526 g/mol. The maximum atomic E-state index is 14.7. The lowest BCUT2D eigenvalue weighted by atomic mass is 9.84. The maximum Gasteiger partial charge on any atom is 0.297 e. The van der Waals surface area contributed by atoms with Crippen LogP contribution in [0.15, 0.2) is 76.5 Å². The number of amides is 2. The van der Waals surface area contributed by atoms with Gasteiger partial charge in [0.1, 0.15) is 11.3 Å². The van der Waals surface area contributed by atoms with E-state index in [4.69, 9.17) is 14.1 Å². The van der Waals surface area contributed by atoms with Gasteiger partial charge in [-0.3, -0.25) is 19.3 Å². The third-order valence-electron chi connectivity index (χ3n) is 7.83. The number of ether oxygens (including phenoxy) is 1. The molecule has 1 unspecified atom stereocenters. The number of carbonyl (C=O) groups is 2. The average Bonchev–Trinajstić information content (AvgIpc) is 3.56. The fourth-order valence-electron chi connectivity index (χ4n) is 5.84. The van der Waals surface area contributed by atoms with Crippen molar-refractivity contribution in [1.82, 2.24) is 4.98 Å². The van der Waals surface area contributed by atoms with Gasteiger partial charge in [-0.2, -0.15) is 0 Å². The zero-order valence-electron chi connectivity index (χ0n) is 22.0. The van der Waals surface area contributed by atoms with Gasteiger partial charge < -0.3 is 14.1 Å². The molecule has 4 heterocycles. The van der Waals surface area contributed by atoms with E-state index < -0.39 is 22.8 Å². The summed E-state index contributed by atoms with van der Waals surface area (Å²) in [6, 6.07) is 16.1. The molecule has 5 aromatic rings. The van der Waals surface area contributed by atoms with Gasteiger partial charge in [0.15, 0.2) is 16.1 Å². The number of aryl methyl sites for hydroxylation is 2. The second kappa shape index (κ2) is 8.37. The number of aromatic nitrogens is 1. The van der Waals surface area contributed by atoms with Crippen LogP contribution in [0.3, 0.4) is 0 Å². The first-order valence-corrected chi connectivity index (χ1v) is 13.5. The molecule has 2 aliphatic heterocycles. The first kappa shape index (κ1) is 24.3. The first-order valence-electron chi connectivity index (χ1n) is 12.7. The van der Waals surface area contributed by atoms with Gasteiger partial charge in [-0.25, -0.2) is 4.98 Å². The van der Waals surface area contributed by atoms with Gasteiger partial charge in [-0.05, 0) is 61.4 Å². The number of benzene rings is 3. The molecule has 3 aromatic carbocycles. The summed E-state index contributed by atoms with van der Waals surface area (Å²) in [6.07, 6.45) is 1.62. The van der Waals surface area contributed by atoms with Crippen LogP contribution in [0.5, 0.6) is 5.75 Å². The van der Waals surface area contributed by atoms with E-state index in [0.29, 0.717) is 33.5 Å². The molecule has 0 N–H and O–H groups in total. The van der Waals surface area contributed by atoms with Crippen LogP contribution in [-0.2, 0) is 10.3 Å². The van der Waals surface area contributed by atoms with Crippen molar-refractivity contribution < 1.29 is 18.7 Å². The molecule has 1 atom stereocenters. The van der Waals surface area contributed by atoms with Crippen LogP contribution in [0.25, 0.3) is 21.2 Å². The summed E-state index contributed by atoms with van der Waals surface area (Å²) in [4.78, 5) is 51.1. The van der Waals surface area contributed by atoms with Crippen molar-refractivity contribution in [2.45, 2.75) is 19.4 Å². The number of thiazole rings is 1. The summed E-state index contributed by atoms with van der Waals surface area (Å²) in [5.41, 5.74) is 1.67. The van der Waals surface area contributed by atoms with Crippen molar-refractivity contribution in [2.75, 3.05) is 23.5 Å².